The number of rotatable bonds is 9. The Labute approximate surface area is 102 Å². The van der Waals surface area contributed by atoms with Crippen LogP contribution >= 0.6 is 0 Å². The molecule has 0 aliphatic carbocycles. The Balaban J connectivity index is 2.17. The van der Waals surface area contributed by atoms with Gasteiger partial charge < -0.3 is 19.3 Å². The Morgan fingerprint density at radius 2 is 2.12 bits per heavy atom. The molecule has 1 heterocycles. The SMILES string of the molecule is COCCOCCc1noc(CNC(C)C)n1. The van der Waals surface area contributed by atoms with E-state index in [-0.39, 0.29) is 0 Å². The minimum atomic E-state index is 0.405. The zero-order valence-corrected chi connectivity index (χ0v) is 10.7. The van der Waals surface area contributed by atoms with Gasteiger partial charge in [-0.3, -0.25) is 0 Å². The highest BCUT2D eigenvalue weighted by Crippen LogP contribution is 1.98. The lowest BCUT2D eigenvalue weighted by atomic mass is 10.4. The Hall–Kier alpha value is -0.980. The van der Waals surface area contributed by atoms with Crippen molar-refractivity contribution < 1.29 is 14.0 Å². The lowest BCUT2D eigenvalue weighted by Crippen LogP contribution is -2.21. The van der Waals surface area contributed by atoms with Crippen molar-refractivity contribution in [3.8, 4) is 0 Å². The van der Waals surface area contributed by atoms with Gasteiger partial charge in [-0.1, -0.05) is 19.0 Å². The van der Waals surface area contributed by atoms with E-state index >= 15 is 0 Å². The molecule has 1 aromatic rings. The Kier molecular flexibility index (Phi) is 6.76. The zero-order chi connectivity index (χ0) is 12.5. The summed E-state index contributed by atoms with van der Waals surface area (Å²) in [4.78, 5) is 4.25. The minimum absolute atomic E-state index is 0.405. The van der Waals surface area contributed by atoms with E-state index in [1.165, 1.54) is 0 Å². The first-order valence-corrected chi connectivity index (χ1v) is 5.84. The van der Waals surface area contributed by atoms with Crippen LogP contribution in [-0.2, 0) is 22.4 Å². The van der Waals surface area contributed by atoms with Crippen LogP contribution in [0.2, 0.25) is 0 Å². The van der Waals surface area contributed by atoms with Crippen molar-refractivity contribution in [1.29, 1.82) is 0 Å². The summed E-state index contributed by atoms with van der Waals surface area (Å²) in [6.45, 7) is 6.53. The molecule has 0 atom stereocenters. The summed E-state index contributed by atoms with van der Waals surface area (Å²) in [5.41, 5.74) is 0. The quantitative estimate of drug-likeness (QED) is 0.646. The van der Waals surface area contributed by atoms with Crippen LogP contribution in [0.4, 0.5) is 0 Å². The molecular weight excluding hydrogens is 222 g/mol. The van der Waals surface area contributed by atoms with Crippen LogP contribution in [0.1, 0.15) is 25.6 Å². The fraction of sp³-hybridized carbons (Fsp3) is 0.818. The Morgan fingerprint density at radius 3 is 2.82 bits per heavy atom. The van der Waals surface area contributed by atoms with E-state index < -0.39 is 0 Å². The molecule has 1 aromatic heterocycles. The molecule has 0 aliphatic heterocycles. The molecule has 0 aliphatic rings. The molecule has 0 aromatic carbocycles. The summed E-state index contributed by atoms with van der Waals surface area (Å²) < 4.78 is 15.3. The van der Waals surface area contributed by atoms with Gasteiger partial charge in [-0.05, 0) is 0 Å². The number of ether oxygens (including phenoxy) is 2. The summed E-state index contributed by atoms with van der Waals surface area (Å²) in [5.74, 6) is 1.30. The molecule has 0 saturated carbocycles. The van der Waals surface area contributed by atoms with E-state index in [1.807, 2.05) is 0 Å². The predicted molar refractivity (Wildman–Crippen MR) is 62.7 cm³/mol. The van der Waals surface area contributed by atoms with Gasteiger partial charge in [0, 0.05) is 19.6 Å². The molecule has 6 nitrogen and oxygen atoms in total. The molecule has 98 valence electrons. The van der Waals surface area contributed by atoms with Crippen molar-refractivity contribution in [3.63, 3.8) is 0 Å². The maximum Gasteiger partial charge on any atom is 0.240 e. The van der Waals surface area contributed by atoms with Crippen LogP contribution in [0.3, 0.4) is 0 Å². The molecule has 6 heteroatoms. The third kappa shape index (κ3) is 6.35. The molecule has 1 rings (SSSR count). The average molecular weight is 243 g/mol. The van der Waals surface area contributed by atoms with E-state index in [0.717, 1.165) is 0 Å². The van der Waals surface area contributed by atoms with Crippen molar-refractivity contribution in [2.24, 2.45) is 0 Å². The first-order chi connectivity index (χ1) is 8.22. The zero-order valence-electron chi connectivity index (χ0n) is 10.7. The molecule has 0 radical (unpaired) electrons. The second-order valence-corrected chi connectivity index (χ2v) is 4.00. The number of methoxy groups -OCH3 is 1. The summed E-state index contributed by atoms with van der Waals surface area (Å²) in [6, 6.07) is 0.405. The van der Waals surface area contributed by atoms with Crippen molar-refractivity contribution in [1.82, 2.24) is 15.5 Å². The van der Waals surface area contributed by atoms with Crippen LogP contribution in [0.25, 0.3) is 0 Å². The number of aromatic nitrogens is 2. The molecule has 17 heavy (non-hydrogen) atoms. The van der Waals surface area contributed by atoms with Gasteiger partial charge >= 0.3 is 0 Å². The largest absolute Gasteiger partial charge is 0.382 e. The topological polar surface area (TPSA) is 69.4 Å². The molecular formula is C11H21N3O3. The van der Waals surface area contributed by atoms with Crippen LogP contribution in [0, 0.1) is 0 Å². The standard InChI is InChI=1S/C11H21N3O3/c1-9(2)12-8-11-13-10(14-17-11)4-5-16-7-6-15-3/h9,12H,4-8H2,1-3H3. The van der Waals surface area contributed by atoms with E-state index in [0.29, 0.717) is 50.5 Å². The number of hydrogen-bond acceptors (Lipinski definition) is 6. The van der Waals surface area contributed by atoms with Crippen LogP contribution in [0.15, 0.2) is 4.52 Å². The van der Waals surface area contributed by atoms with E-state index in [9.17, 15) is 0 Å². The van der Waals surface area contributed by atoms with Gasteiger partial charge in [0.2, 0.25) is 5.89 Å². The summed E-state index contributed by atoms with van der Waals surface area (Å²) in [6.07, 6.45) is 0.662. The lowest BCUT2D eigenvalue weighted by Gasteiger charge is -2.03. The smallest absolute Gasteiger partial charge is 0.240 e. The Bertz CT molecular complexity index is 302. The highest BCUT2D eigenvalue weighted by atomic mass is 16.5. The van der Waals surface area contributed by atoms with Crippen molar-refractivity contribution >= 4 is 0 Å². The third-order valence-corrected chi connectivity index (χ3v) is 2.07. The second kappa shape index (κ2) is 8.16. The summed E-state index contributed by atoms with van der Waals surface area (Å²) in [7, 11) is 1.65. The van der Waals surface area contributed by atoms with Gasteiger partial charge in [0.1, 0.15) is 0 Å². The maximum atomic E-state index is 5.32. The number of nitrogens with one attached hydrogen (secondary N) is 1. The first-order valence-electron chi connectivity index (χ1n) is 5.84. The summed E-state index contributed by atoms with van der Waals surface area (Å²) >= 11 is 0. The second-order valence-electron chi connectivity index (χ2n) is 4.00. The molecule has 1 N–H and O–H groups in total. The van der Waals surface area contributed by atoms with Crippen LogP contribution < -0.4 is 5.32 Å². The average Bonchev–Trinajstić information content (AvgIpc) is 2.74. The minimum Gasteiger partial charge on any atom is -0.382 e. The Morgan fingerprint density at radius 1 is 1.29 bits per heavy atom. The van der Waals surface area contributed by atoms with Crippen molar-refractivity contribution in [2.75, 3.05) is 26.9 Å². The molecule has 0 bridgehead atoms. The van der Waals surface area contributed by atoms with E-state index in [4.69, 9.17) is 14.0 Å². The molecule has 0 unspecified atom stereocenters. The molecule has 0 amide bonds. The molecule has 0 fully saturated rings. The van der Waals surface area contributed by atoms with Crippen LogP contribution in [0.5, 0.6) is 0 Å². The highest BCUT2D eigenvalue weighted by Gasteiger charge is 2.06. The van der Waals surface area contributed by atoms with Gasteiger partial charge in [-0.2, -0.15) is 4.98 Å². The normalized spacial score (nSPS) is 11.3. The first kappa shape index (κ1) is 14.1. The van der Waals surface area contributed by atoms with E-state index in [1.54, 1.807) is 7.11 Å². The molecule has 0 spiro atoms. The van der Waals surface area contributed by atoms with Gasteiger partial charge in [0.25, 0.3) is 0 Å². The monoisotopic (exact) mass is 243 g/mol. The van der Waals surface area contributed by atoms with Gasteiger partial charge in [-0.15, -0.1) is 0 Å². The van der Waals surface area contributed by atoms with Gasteiger partial charge in [0.05, 0.1) is 26.4 Å². The highest BCUT2D eigenvalue weighted by molar-refractivity contribution is 4.86. The number of hydrogen-bond donors (Lipinski definition) is 1. The summed E-state index contributed by atoms with van der Waals surface area (Å²) in [5, 5.41) is 7.09. The fourth-order valence-electron chi connectivity index (χ4n) is 1.16. The number of nitrogens with zero attached hydrogens (tertiary/aromatic N) is 2. The van der Waals surface area contributed by atoms with Crippen molar-refractivity contribution in [3.05, 3.63) is 11.7 Å². The van der Waals surface area contributed by atoms with E-state index in [2.05, 4.69) is 29.3 Å². The van der Waals surface area contributed by atoms with Crippen molar-refractivity contribution in [2.45, 2.75) is 32.9 Å². The predicted octanol–water partition coefficient (Wildman–Crippen LogP) is 0.773. The molecule has 0 saturated heterocycles. The van der Waals surface area contributed by atoms with Gasteiger partial charge in [-0.25, -0.2) is 0 Å². The third-order valence-electron chi connectivity index (χ3n) is 2.07. The lowest BCUT2D eigenvalue weighted by molar-refractivity contribution is 0.0714. The fourth-order valence-corrected chi connectivity index (χ4v) is 1.16. The van der Waals surface area contributed by atoms with Crippen LogP contribution in [-0.4, -0.2) is 43.1 Å². The van der Waals surface area contributed by atoms with Gasteiger partial charge in [0.15, 0.2) is 5.82 Å². The maximum absolute atomic E-state index is 5.32.